The van der Waals surface area contributed by atoms with Crippen LogP contribution in [0.25, 0.3) is 21.8 Å². The second-order valence-corrected chi connectivity index (χ2v) is 10.7. The standard InChI is InChI=1S/C27H25IN4O2S/c1-3-31-22-8-6-5-7-20(22)21-15-19(13-14-23(21)31)30-27-32(4-2)26(34)24(35-27)16-25(33)29-18-11-9-17(28)10-12-18/h5-15,24H,3-4,16H2,1-2H3,(H,29,33)/t24-/m0/s1. The van der Waals surface area contributed by atoms with Crippen LogP contribution in [0.15, 0.2) is 71.7 Å². The van der Waals surface area contributed by atoms with Crippen LogP contribution in [-0.4, -0.2) is 38.2 Å². The van der Waals surface area contributed by atoms with Crippen LogP contribution in [0, 0.1) is 3.57 Å². The van der Waals surface area contributed by atoms with Crippen molar-refractivity contribution in [3.05, 3.63) is 70.3 Å². The van der Waals surface area contributed by atoms with Crippen LogP contribution >= 0.6 is 34.4 Å². The number of anilines is 1. The van der Waals surface area contributed by atoms with E-state index in [0.717, 1.165) is 26.9 Å². The fraction of sp³-hybridized carbons (Fsp3) is 0.222. The van der Waals surface area contributed by atoms with Crippen LogP contribution in [0.3, 0.4) is 0 Å². The molecule has 35 heavy (non-hydrogen) atoms. The highest BCUT2D eigenvalue weighted by Crippen LogP contribution is 2.35. The second-order valence-electron chi connectivity index (χ2n) is 8.31. The number of amides is 2. The highest BCUT2D eigenvalue weighted by atomic mass is 127. The molecule has 0 spiro atoms. The molecule has 0 aliphatic carbocycles. The first kappa shape index (κ1) is 23.9. The molecule has 178 valence electrons. The van der Waals surface area contributed by atoms with E-state index in [1.165, 1.54) is 28.2 Å². The molecule has 5 rings (SSSR count). The van der Waals surface area contributed by atoms with Crippen molar-refractivity contribution >= 4 is 84.5 Å². The Morgan fingerprint density at radius 2 is 1.74 bits per heavy atom. The monoisotopic (exact) mass is 596 g/mol. The van der Waals surface area contributed by atoms with Gasteiger partial charge in [0.15, 0.2) is 5.17 Å². The zero-order valence-electron chi connectivity index (χ0n) is 19.5. The van der Waals surface area contributed by atoms with Gasteiger partial charge in [0.1, 0.15) is 5.25 Å². The minimum atomic E-state index is -0.483. The van der Waals surface area contributed by atoms with Crippen molar-refractivity contribution in [2.45, 2.75) is 32.1 Å². The van der Waals surface area contributed by atoms with Crippen molar-refractivity contribution in [1.82, 2.24) is 9.47 Å². The van der Waals surface area contributed by atoms with Gasteiger partial charge in [-0.1, -0.05) is 30.0 Å². The van der Waals surface area contributed by atoms with Crippen LogP contribution in [0.2, 0.25) is 0 Å². The van der Waals surface area contributed by atoms with E-state index < -0.39 is 5.25 Å². The third-order valence-electron chi connectivity index (χ3n) is 6.13. The number of fused-ring (bicyclic) bond motifs is 3. The van der Waals surface area contributed by atoms with Gasteiger partial charge in [-0.05, 0) is 85.0 Å². The number of aliphatic imine (C=N–C) groups is 1. The molecule has 0 radical (unpaired) electrons. The molecule has 8 heteroatoms. The summed E-state index contributed by atoms with van der Waals surface area (Å²) in [6.45, 7) is 5.48. The quantitative estimate of drug-likeness (QED) is 0.262. The first-order chi connectivity index (χ1) is 17.0. The van der Waals surface area contributed by atoms with Crippen molar-refractivity contribution in [3.8, 4) is 0 Å². The van der Waals surface area contributed by atoms with E-state index in [2.05, 4.69) is 75.8 Å². The van der Waals surface area contributed by atoms with Gasteiger partial charge in [-0.2, -0.15) is 0 Å². The average Bonchev–Trinajstić information content (AvgIpc) is 3.33. The summed E-state index contributed by atoms with van der Waals surface area (Å²) in [7, 11) is 0. The van der Waals surface area contributed by atoms with E-state index in [1.807, 2.05) is 37.3 Å². The zero-order chi connectivity index (χ0) is 24.5. The number of carbonyl (C=O) groups is 2. The van der Waals surface area contributed by atoms with Gasteiger partial charge in [0.2, 0.25) is 11.8 Å². The smallest absolute Gasteiger partial charge is 0.242 e. The molecule has 0 unspecified atom stereocenters. The maximum atomic E-state index is 13.0. The molecule has 4 aromatic rings. The molecule has 1 aliphatic heterocycles. The zero-order valence-corrected chi connectivity index (χ0v) is 22.5. The number of benzene rings is 3. The summed E-state index contributed by atoms with van der Waals surface area (Å²) < 4.78 is 3.40. The van der Waals surface area contributed by atoms with Crippen molar-refractivity contribution in [2.24, 2.45) is 4.99 Å². The third kappa shape index (κ3) is 4.69. The molecule has 0 saturated carbocycles. The number of thioether (sulfide) groups is 1. The minimum Gasteiger partial charge on any atom is -0.341 e. The van der Waals surface area contributed by atoms with E-state index in [1.54, 1.807) is 4.90 Å². The number of hydrogen-bond acceptors (Lipinski definition) is 4. The predicted octanol–water partition coefficient (Wildman–Crippen LogP) is 6.40. The number of amidine groups is 1. The van der Waals surface area contributed by atoms with Gasteiger partial charge in [0.25, 0.3) is 0 Å². The minimum absolute atomic E-state index is 0.0716. The molecule has 3 aromatic carbocycles. The Hall–Kier alpha value is -2.85. The van der Waals surface area contributed by atoms with E-state index in [9.17, 15) is 9.59 Å². The Morgan fingerprint density at radius 3 is 2.49 bits per heavy atom. The lowest BCUT2D eigenvalue weighted by Gasteiger charge is -2.13. The molecule has 1 aromatic heterocycles. The Bertz CT molecular complexity index is 1460. The lowest BCUT2D eigenvalue weighted by molar-refractivity contribution is -0.128. The van der Waals surface area contributed by atoms with E-state index in [-0.39, 0.29) is 18.2 Å². The van der Waals surface area contributed by atoms with Crippen LogP contribution in [0.5, 0.6) is 0 Å². The number of rotatable bonds is 6. The van der Waals surface area contributed by atoms with Crippen LogP contribution in [0.1, 0.15) is 20.3 Å². The number of aromatic nitrogens is 1. The molecule has 1 saturated heterocycles. The van der Waals surface area contributed by atoms with E-state index in [0.29, 0.717) is 11.7 Å². The number of aryl methyl sites for hydroxylation is 1. The Balaban J connectivity index is 1.40. The molecule has 0 bridgehead atoms. The van der Waals surface area contributed by atoms with Crippen molar-refractivity contribution in [1.29, 1.82) is 0 Å². The second kappa shape index (κ2) is 10.0. The molecule has 1 aliphatic rings. The third-order valence-corrected chi connectivity index (χ3v) is 8.03. The van der Waals surface area contributed by atoms with Crippen LogP contribution < -0.4 is 5.32 Å². The molecule has 2 heterocycles. The lowest BCUT2D eigenvalue weighted by atomic mass is 10.1. The molecule has 1 N–H and O–H groups in total. The molecular formula is C27H25IN4O2S. The number of nitrogens with zero attached hydrogens (tertiary/aromatic N) is 3. The summed E-state index contributed by atoms with van der Waals surface area (Å²) in [5.74, 6) is -0.249. The van der Waals surface area contributed by atoms with Crippen molar-refractivity contribution in [3.63, 3.8) is 0 Å². The predicted molar refractivity (Wildman–Crippen MR) is 153 cm³/mol. The summed E-state index contributed by atoms with van der Waals surface area (Å²) in [6, 6.07) is 22.2. The fourth-order valence-corrected chi connectivity index (χ4v) is 6.07. The van der Waals surface area contributed by atoms with E-state index >= 15 is 0 Å². The fourth-order valence-electron chi connectivity index (χ4n) is 4.49. The number of para-hydroxylation sites is 1. The molecule has 6 nitrogen and oxygen atoms in total. The highest BCUT2D eigenvalue weighted by molar-refractivity contribution is 14.1. The summed E-state index contributed by atoms with van der Waals surface area (Å²) in [4.78, 5) is 32.2. The van der Waals surface area contributed by atoms with Crippen molar-refractivity contribution < 1.29 is 9.59 Å². The number of nitrogens with one attached hydrogen (secondary N) is 1. The SMILES string of the molecule is CCN1C(=O)[C@H](CC(=O)Nc2ccc(I)cc2)SC1=Nc1ccc2c(c1)c1ccccc1n2CC. The lowest BCUT2D eigenvalue weighted by Crippen LogP contribution is -2.33. The van der Waals surface area contributed by atoms with Crippen LogP contribution in [-0.2, 0) is 16.1 Å². The largest absolute Gasteiger partial charge is 0.341 e. The molecule has 1 atom stereocenters. The highest BCUT2D eigenvalue weighted by Gasteiger charge is 2.38. The van der Waals surface area contributed by atoms with Gasteiger partial charge < -0.3 is 9.88 Å². The first-order valence-electron chi connectivity index (χ1n) is 11.6. The first-order valence-corrected chi connectivity index (χ1v) is 13.6. The average molecular weight is 596 g/mol. The topological polar surface area (TPSA) is 66.7 Å². The number of halogens is 1. The Labute approximate surface area is 221 Å². The number of carbonyl (C=O) groups excluding carboxylic acids is 2. The summed E-state index contributed by atoms with van der Waals surface area (Å²) in [5.41, 5.74) is 3.90. The Kier molecular flexibility index (Phi) is 6.84. The van der Waals surface area contributed by atoms with E-state index in [4.69, 9.17) is 4.99 Å². The maximum absolute atomic E-state index is 13.0. The summed E-state index contributed by atoms with van der Waals surface area (Å²) >= 11 is 3.59. The Morgan fingerprint density at radius 1 is 1.00 bits per heavy atom. The van der Waals surface area contributed by atoms with Gasteiger partial charge in [0, 0.05) is 50.6 Å². The normalized spacial score (nSPS) is 17.1. The molecule has 1 fully saturated rings. The molecule has 2 amide bonds. The summed E-state index contributed by atoms with van der Waals surface area (Å²) in [5, 5.41) is 5.39. The summed E-state index contributed by atoms with van der Waals surface area (Å²) in [6.07, 6.45) is 0.105. The van der Waals surface area contributed by atoms with Crippen molar-refractivity contribution in [2.75, 3.05) is 11.9 Å². The molecular weight excluding hydrogens is 571 g/mol. The van der Waals surface area contributed by atoms with Gasteiger partial charge in [-0.25, -0.2) is 4.99 Å². The van der Waals surface area contributed by atoms with Gasteiger partial charge >= 0.3 is 0 Å². The van der Waals surface area contributed by atoms with Crippen LogP contribution in [0.4, 0.5) is 11.4 Å². The van der Waals surface area contributed by atoms with Gasteiger partial charge in [-0.15, -0.1) is 0 Å². The van der Waals surface area contributed by atoms with Gasteiger partial charge in [0.05, 0.1) is 5.69 Å². The number of hydrogen-bond donors (Lipinski definition) is 1. The van der Waals surface area contributed by atoms with Gasteiger partial charge in [-0.3, -0.25) is 14.5 Å². The maximum Gasteiger partial charge on any atom is 0.242 e.